The van der Waals surface area contributed by atoms with E-state index in [9.17, 15) is 67.1 Å². The second-order valence-corrected chi connectivity index (χ2v) is 19.4. The third-order valence-corrected chi connectivity index (χ3v) is 12.4. The van der Waals surface area contributed by atoms with Crippen LogP contribution >= 0.6 is 0 Å². The van der Waals surface area contributed by atoms with E-state index < -0.39 is 71.2 Å². The zero-order valence-electron chi connectivity index (χ0n) is 48.9. The Balaban J connectivity index is 4.08. The zero-order chi connectivity index (χ0) is 62.8. The molecule has 0 saturated carbocycles. The van der Waals surface area contributed by atoms with Gasteiger partial charge in [0.15, 0.2) is 0 Å². The van der Waals surface area contributed by atoms with Crippen LogP contribution in [0, 0.1) is 17.8 Å². The minimum Gasteiger partial charge on any atom is -0.469 e. The van der Waals surface area contributed by atoms with Crippen LogP contribution in [0.25, 0.3) is 0 Å². The number of carbonyl (C=O) groups is 14. The van der Waals surface area contributed by atoms with Crippen LogP contribution in [0.2, 0.25) is 0 Å². The number of methoxy groups -OCH3 is 1. The molecule has 0 fully saturated rings. The van der Waals surface area contributed by atoms with Gasteiger partial charge in [-0.15, -0.1) is 19.7 Å². The molecule has 0 spiro atoms. The number of carbonyl (C=O) groups excluding carboxylic acids is 14. The highest BCUT2D eigenvalue weighted by Crippen LogP contribution is 2.19. The van der Waals surface area contributed by atoms with Crippen molar-refractivity contribution in [2.45, 2.75) is 173 Å². The van der Waals surface area contributed by atoms with E-state index in [0.717, 1.165) is 0 Å². The highest BCUT2D eigenvalue weighted by Gasteiger charge is 2.23. The molecule has 0 rings (SSSR count). The number of ether oxygens (including phenoxy) is 9. The van der Waals surface area contributed by atoms with E-state index in [1.807, 2.05) is 0 Å². The van der Waals surface area contributed by atoms with Gasteiger partial charge < -0.3 is 47.7 Å². The number of aliphatic hydroxyl groups excluding tert-OH is 1. The fraction of sp³-hybridized carbons (Fsp3) is 0.667. The molecule has 84 heavy (non-hydrogen) atoms. The summed E-state index contributed by atoms with van der Waals surface area (Å²) in [5.41, 5.74) is 0. The lowest BCUT2D eigenvalue weighted by Gasteiger charge is -2.17. The molecule has 0 aromatic carbocycles. The van der Waals surface area contributed by atoms with Crippen molar-refractivity contribution in [3.05, 3.63) is 38.0 Å². The number of hydrogen-bond acceptors (Lipinski definition) is 24. The zero-order valence-corrected chi connectivity index (χ0v) is 48.9. The summed E-state index contributed by atoms with van der Waals surface area (Å²) < 4.78 is 46.0. The smallest absolute Gasteiger partial charge is 0.309 e. The number of aliphatic hydroxyl groups is 1. The molecule has 0 radical (unpaired) electrons. The van der Waals surface area contributed by atoms with Crippen molar-refractivity contribution in [1.82, 2.24) is 0 Å². The van der Waals surface area contributed by atoms with Crippen LogP contribution in [0.3, 0.4) is 0 Å². The van der Waals surface area contributed by atoms with E-state index in [0.29, 0.717) is 70.6 Å². The Kier molecular flexibility index (Phi) is 46.0. The summed E-state index contributed by atoms with van der Waals surface area (Å²) in [6.45, 7) is 10.1. The monoisotopic (exact) mass is 1190 g/mol. The predicted octanol–water partition coefficient (Wildman–Crippen LogP) is 6.28. The van der Waals surface area contributed by atoms with Gasteiger partial charge in [0.05, 0.1) is 110 Å². The Morgan fingerprint density at radius 3 is 0.869 bits per heavy atom. The Hall–Kier alpha value is -7.24. The van der Waals surface area contributed by atoms with Crippen molar-refractivity contribution < 1.29 is 115 Å². The average Bonchev–Trinajstić information content (AvgIpc) is 3.47. The topological polar surface area (TPSA) is 342 Å². The minimum absolute atomic E-state index is 0.0210. The van der Waals surface area contributed by atoms with E-state index in [4.69, 9.17) is 47.7 Å². The molecular weight excluding hydrogens is 1100 g/mol. The molecule has 3 unspecified atom stereocenters. The Bertz CT molecular complexity index is 2130. The van der Waals surface area contributed by atoms with Crippen LogP contribution in [0.1, 0.15) is 173 Å². The van der Waals surface area contributed by atoms with Gasteiger partial charge >= 0.3 is 53.7 Å². The largest absolute Gasteiger partial charge is 0.469 e. The van der Waals surface area contributed by atoms with Crippen molar-refractivity contribution in [3.8, 4) is 0 Å². The van der Waals surface area contributed by atoms with Gasteiger partial charge in [0.2, 0.25) is 0 Å². The fourth-order valence-electron chi connectivity index (χ4n) is 7.58. The number of Topliss-reactive ketones (excluding diaryl/α,β-unsaturated/α-hetero) is 5. The number of allylic oxidation sites excluding steroid dienone is 3. The Morgan fingerprint density at radius 1 is 0.310 bits per heavy atom. The quantitative estimate of drug-likeness (QED) is 0.0303. The number of esters is 9. The molecule has 0 bridgehead atoms. The summed E-state index contributed by atoms with van der Waals surface area (Å²) >= 11 is 0. The molecule has 0 aromatic heterocycles. The molecule has 0 heterocycles. The van der Waals surface area contributed by atoms with Gasteiger partial charge in [-0.1, -0.05) is 18.2 Å². The van der Waals surface area contributed by atoms with Crippen LogP contribution in [0.15, 0.2) is 38.0 Å². The average molecular weight is 1190 g/mol. The third kappa shape index (κ3) is 43.4. The summed E-state index contributed by atoms with van der Waals surface area (Å²) in [5.74, 6) is -8.20. The first kappa shape index (κ1) is 76.8. The minimum atomic E-state index is -0.742. The molecule has 472 valence electrons. The molecule has 1 N–H and O–H groups in total. The second kappa shape index (κ2) is 50.3. The predicted molar refractivity (Wildman–Crippen MR) is 298 cm³/mol. The first-order valence-corrected chi connectivity index (χ1v) is 28.7. The SMILES string of the molecule is C=CCC(CCCOC(=O)C(CC=C)CCCOC(=O)C(CC=C)CCCOC(=O)CCCCOC(=O)CCC(=O)CCOC(=O)CCC(=O)CCOC(=O)CCC(=O)CCOC(=O)CCC(=O)CCOC(=O)CCC(=O)CCO)C(=O)OC. The van der Waals surface area contributed by atoms with Crippen LogP contribution < -0.4 is 0 Å². The summed E-state index contributed by atoms with van der Waals surface area (Å²) in [5, 5.41) is 8.69. The van der Waals surface area contributed by atoms with Crippen molar-refractivity contribution >= 4 is 82.6 Å². The van der Waals surface area contributed by atoms with Gasteiger partial charge in [-0.25, -0.2) is 0 Å². The highest BCUT2D eigenvalue weighted by molar-refractivity contribution is 5.86. The number of ketones is 5. The van der Waals surface area contributed by atoms with E-state index in [-0.39, 0.29) is 191 Å². The third-order valence-electron chi connectivity index (χ3n) is 12.4. The molecule has 24 nitrogen and oxygen atoms in total. The molecule has 0 aliphatic carbocycles. The fourth-order valence-corrected chi connectivity index (χ4v) is 7.58. The first-order valence-electron chi connectivity index (χ1n) is 28.7. The van der Waals surface area contributed by atoms with E-state index in [2.05, 4.69) is 19.7 Å². The summed E-state index contributed by atoms with van der Waals surface area (Å²) in [4.78, 5) is 169. The van der Waals surface area contributed by atoms with Gasteiger partial charge in [-0.05, 0) is 70.6 Å². The lowest BCUT2D eigenvalue weighted by molar-refractivity contribution is -0.150. The van der Waals surface area contributed by atoms with Gasteiger partial charge in [-0.3, -0.25) is 67.1 Å². The van der Waals surface area contributed by atoms with Crippen LogP contribution in [0.4, 0.5) is 0 Å². The number of unbranched alkanes of at least 4 members (excludes halogenated alkanes) is 1. The van der Waals surface area contributed by atoms with Gasteiger partial charge in [0.1, 0.15) is 28.9 Å². The maximum atomic E-state index is 12.8. The first-order chi connectivity index (χ1) is 40.3. The Labute approximate surface area is 491 Å². The maximum Gasteiger partial charge on any atom is 0.309 e. The molecule has 0 saturated heterocycles. The van der Waals surface area contributed by atoms with Crippen molar-refractivity contribution in [3.63, 3.8) is 0 Å². The molecule has 0 aliphatic rings. The van der Waals surface area contributed by atoms with E-state index in [1.165, 1.54) is 7.11 Å². The number of rotatable bonds is 55. The molecule has 0 amide bonds. The summed E-state index contributed by atoms with van der Waals surface area (Å²) in [6, 6.07) is 0. The van der Waals surface area contributed by atoms with Gasteiger partial charge in [0.25, 0.3) is 0 Å². The summed E-state index contributed by atoms with van der Waals surface area (Å²) in [6.07, 6.45) is 6.76. The molecule has 24 heteroatoms. The van der Waals surface area contributed by atoms with Gasteiger partial charge in [0, 0.05) is 77.2 Å². The maximum absolute atomic E-state index is 12.8. The van der Waals surface area contributed by atoms with Crippen LogP contribution in [-0.2, 0) is 110 Å². The Morgan fingerprint density at radius 2 is 0.571 bits per heavy atom. The van der Waals surface area contributed by atoms with E-state index >= 15 is 0 Å². The molecule has 3 atom stereocenters. The number of hydrogen-bond donors (Lipinski definition) is 1. The highest BCUT2D eigenvalue weighted by atomic mass is 16.6. The summed E-state index contributed by atoms with van der Waals surface area (Å²) in [7, 11) is 1.32. The van der Waals surface area contributed by atoms with Crippen molar-refractivity contribution in [2.24, 2.45) is 17.8 Å². The van der Waals surface area contributed by atoms with E-state index in [1.54, 1.807) is 18.2 Å². The van der Waals surface area contributed by atoms with Crippen molar-refractivity contribution in [1.29, 1.82) is 0 Å². The van der Waals surface area contributed by atoms with Gasteiger partial charge in [-0.2, -0.15) is 0 Å². The van der Waals surface area contributed by atoms with Crippen LogP contribution in [-0.4, -0.2) is 154 Å². The van der Waals surface area contributed by atoms with Crippen molar-refractivity contribution in [2.75, 3.05) is 66.6 Å². The molecular formula is C60H88O24. The standard InChI is InChI=1S/C60H88O24/c1-5-13-44(58(73)76-4)16-11-38-83-60(75)46(15-7-3)18-12-39-84-59(74)45(14-6-2)17-10-37-78-52(67)19-8-9-36-77-53(68)26-21-48(63)31-41-80-55(70)28-23-50(65)33-43-82-57(72)29-24-51(66)34-42-81-56(71)27-22-49(64)32-40-79-54(69)25-20-47(62)30-35-61/h5-7,44-46,61H,1-3,8-43H2,4H3. The molecule has 0 aliphatic heterocycles. The lowest BCUT2D eigenvalue weighted by Crippen LogP contribution is -2.21. The normalized spacial score (nSPS) is 11.7. The van der Waals surface area contributed by atoms with Crippen LogP contribution in [0.5, 0.6) is 0 Å². The molecule has 0 aromatic rings. The lowest BCUT2D eigenvalue weighted by atomic mass is 9.99. The second-order valence-electron chi connectivity index (χ2n) is 19.4.